The number of nitrogens with zero attached hydrogens (tertiary/aromatic N) is 3. The predicted octanol–water partition coefficient (Wildman–Crippen LogP) is 2.07. The van der Waals surface area contributed by atoms with Gasteiger partial charge < -0.3 is 9.47 Å². The van der Waals surface area contributed by atoms with Gasteiger partial charge in [0.05, 0.1) is 0 Å². The number of rotatable bonds is 4. The molecule has 0 aromatic carbocycles. The van der Waals surface area contributed by atoms with Crippen molar-refractivity contribution in [3.8, 4) is 0 Å². The summed E-state index contributed by atoms with van der Waals surface area (Å²) in [5.41, 5.74) is 0. The van der Waals surface area contributed by atoms with Crippen LogP contribution < -0.4 is 0 Å². The molecule has 1 unspecified atom stereocenters. The lowest BCUT2D eigenvalue weighted by atomic mass is 10.0. The molecule has 1 atom stereocenters. The third-order valence-electron chi connectivity index (χ3n) is 3.39. The van der Waals surface area contributed by atoms with Crippen LogP contribution in [0.3, 0.4) is 0 Å². The first-order valence-electron chi connectivity index (χ1n) is 6.04. The highest BCUT2D eigenvalue weighted by molar-refractivity contribution is 9.09. The zero-order valence-electron chi connectivity index (χ0n) is 9.90. The van der Waals surface area contributed by atoms with Crippen LogP contribution in [0.5, 0.6) is 0 Å². The molecule has 16 heavy (non-hydrogen) atoms. The summed E-state index contributed by atoms with van der Waals surface area (Å²) < 4.78 is 2.12. The molecule has 0 N–H and O–H groups in total. The molecule has 2 heterocycles. The van der Waals surface area contributed by atoms with Crippen molar-refractivity contribution in [1.29, 1.82) is 0 Å². The van der Waals surface area contributed by atoms with Crippen LogP contribution in [-0.2, 0) is 13.5 Å². The fraction of sp³-hybridized carbons (Fsp3) is 0.750. The van der Waals surface area contributed by atoms with E-state index in [2.05, 4.69) is 37.4 Å². The molecule has 1 fully saturated rings. The standard InChI is InChI=1S/C12H20BrN3/c1-15-8-5-14-12(15)4-7-16-6-2-3-11(9-13)10-16/h5,8,11H,2-4,6-7,9-10H2,1H3. The van der Waals surface area contributed by atoms with Gasteiger partial charge in [0, 0.05) is 44.3 Å². The maximum atomic E-state index is 4.37. The van der Waals surface area contributed by atoms with Gasteiger partial charge in [0.1, 0.15) is 5.82 Å². The van der Waals surface area contributed by atoms with Crippen LogP contribution in [0, 0.1) is 5.92 Å². The number of piperidine rings is 1. The minimum absolute atomic E-state index is 0.843. The summed E-state index contributed by atoms with van der Waals surface area (Å²) in [4.78, 5) is 6.94. The molecule has 1 aromatic rings. The molecule has 4 heteroatoms. The van der Waals surface area contributed by atoms with Crippen LogP contribution >= 0.6 is 15.9 Å². The second-order valence-corrected chi connectivity index (χ2v) is 5.32. The van der Waals surface area contributed by atoms with Crippen molar-refractivity contribution in [2.75, 3.05) is 25.0 Å². The lowest BCUT2D eigenvalue weighted by Crippen LogP contribution is -2.37. The van der Waals surface area contributed by atoms with E-state index in [4.69, 9.17) is 0 Å². The summed E-state index contributed by atoms with van der Waals surface area (Å²) in [5.74, 6) is 2.04. The molecule has 1 aromatic heterocycles. The van der Waals surface area contributed by atoms with Crippen molar-refractivity contribution < 1.29 is 0 Å². The van der Waals surface area contributed by atoms with E-state index in [1.54, 1.807) is 0 Å². The summed E-state index contributed by atoms with van der Waals surface area (Å²) >= 11 is 3.60. The van der Waals surface area contributed by atoms with Crippen molar-refractivity contribution >= 4 is 15.9 Å². The third-order valence-corrected chi connectivity index (χ3v) is 4.31. The van der Waals surface area contributed by atoms with Gasteiger partial charge in [-0.15, -0.1) is 0 Å². The zero-order chi connectivity index (χ0) is 11.4. The first kappa shape index (κ1) is 12.1. The van der Waals surface area contributed by atoms with E-state index in [1.807, 2.05) is 12.4 Å². The molecule has 1 saturated heterocycles. The van der Waals surface area contributed by atoms with Crippen LogP contribution in [0.25, 0.3) is 0 Å². The van der Waals surface area contributed by atoms with E-state index < -0.39 is 0 Å². The summed E-state index contributed by atoms with van der Waals surface area (Å²) in [7, 11) is 2.07. The van der Waals surface area contributed by atoms with Gasteiger partial charge in [0.25, 0.3) is 0 Å². The number of halogens is 1. The zero-order valence-corrected chi connectivity index (χ0v) is 11.5. The Bertz CT molecular complexity index is 324. The molecule has 0 amide bonds. The molecule has 0 saturated carbocycles. The van der Waals surface area contributed by atoms with E-state index in [1.165, 1.54) is 31.8 Å². The molecule has 3 nitrogen and oxygen atoms in total. The van der Waals surface area contributed by atoms with Crippen molar-refractivity contribution in [1.82, 2.24) is 14.5 Å². The monoisotopic (exact) mass is 285 g/mol. The summed E-state index contributed by atoms with van der Waals surface area (Å²) in [6, 6.07) is 0. The number of alkyl halides is 1. The van der Waals surface area contributed by atoms with Crippen molar-refractivity contribution in [2.45, 2.75) is 19.3 Å². The average Bonchev–Trinajstić information content (AvgIpc) is 2.72. The summed E-state index contributed by atoms with van der Waals surface area (Å²) in [6.07, 6.45) is 7.69. The van der Waals surface area contributed by atoms with Crippen LogP contribution in [0.1, 0.15) is 18.7 Å². The van der Waals surface area contributed by atoms with Gasteiger partial charge in [-0.1, -0.05) is 15.9 Å². The Kier molecular flexibility index (Phi) is 4.41. The Labute approximate surface area is 106 Å². The number of aromatic nitrogens is 2. The predicted molar refractivity (Wildman–Crippen MR) is 69.9 cm³/mol. The van der Waals surface area contributed by atoms with Crippen molar-refractivity contribution in [2.24, 2.45) is 13.0 Å². The lowest BCUT2D eigenvalue weighted by Gasteiger charge is -2.31. The first-order chi connectivity index (χ1) is 7.79. The van der Waals surface area contributed by atoms with Gasteiger partial charge in [0.15, 0.2) is 0 Å². The quantitative estimate of drug-likeness (QED) is 0.790. The van der Waals surface area contributed by atoms with Crippen LogP contribution in [0.4, 0.5) is 0 Å². The number of imidazole rings is 1. The molecule has 1 aliphatic rings. The van der Waals surface area contributed by atoms with E-state index in [0.29, 0.717) is 0 Å². The molecule has 0 aliphatic carbocycles. The molecular formula is C12H20BrN3. The minimum atomic E-state index is 0.843. The van der Waals surface area contributed by atoms with Gasteiger partial charge >= 0.3 is 0 Å². The largest absolute Gasteiger partial charge is 0.338 e. The number of likely N-dealkylation sites (tertiary alicyclic amines) is 1. The highest BCUT2D eigenvalue weighted by Crippen LogP contribution is 2.18. The topological polar surface area (TPSA) is 21.1 Å². The van der Waals surface area contributed by atoms with Crippen molar-refractivity contribution in [3.05, 3.63) is 18.2 Å². The third kappa shape index (κ3) is 3.08. The Morgan fingerprint density at radius 3 is 3.12 bits per heavy atom. The Hall–Kier alpha value is -0.350. The number of hydrogen-bond acceptors (Lipinski definition) is 2. The molecular weight excluding hydrogens is 266 g/mol. The molecule has 0 spiro atoms. The van der Waals surface area contributed by atoms with Crippen molar-refractivity contribution in [3.63, 3.8) is 0 Å². The number of aryl methyl sites for hydroxylation is 1. The minimum Gasteiger partial charge on any atom is -0.338 e. The van der Waals surface area contributed by atoms with Crippen LogP contribution in [0.2, 0.25) is 0 Å². The smallest absolute Gasteiger partial charge is 0.109 e. The van der Waals surface area contributed by atoms with Crippen LogP contribution in [0.15, 0.2) is 12.4 Å². The van der Waals surface area contributed by atoms with Gasteiger partial charge in [-0.2, -0.15) is 0 Å². The fourth-order valence-corrected chi connectivity index (χ4v) is 2.90. The second kappa shape index (κ2) is 5.82. The van der Waals surface area contributed by atoms with E-state index in [-0.39, 0.29) is 0 Å². The Morgan fingerprint density at radius 2 is 2.44 bits per heavy atom. The fourth-order valence-electron chi connectivity index (χ4n) is 2.38. The maximum Gasteiger partial charge on any atom is 0.109 e. The summed E-state index contributed by atoms with van der Waals surface area (Å²) in [5, 5.41) is 1.14. The molecule has 2 rings (SSSR count). The average molecular weight is 286 g/mol. The molecule has 1 aliphatic heterocycles. The van der Waals surface area contributed by atoms with E-state index >= 15 is 0 Å². The van der Waals surface area contributed by atoms with E-state index in [0.717, 1.165) is 24.2 Å². The Balaban J connectivity index is 1.79. The molecule has 0 bridgehead atoms. The summed E-state index contributed by atoms with van der Waals surface area (Å²) in [6.45, 7) is 3.65. The molecule has 0 radical (unpaired) electrons. The van der Waals surface area contributed by atoms with Gasteiger partial charge in [-0.05, 0) is 25.3 Å². The lowest BCUT2D eigenvalue weighted by molar-refractivity contribution is 0.187. The van der Waals surface area contributed by atoms with Gasteiger partial charge in [-0.3, -0.25) is 0 Å². The second-order valence-electron chi connectivity index (χ2n) is 4.67. The highest BCUT2D eigenvalue weighted by atomic mass is 79.9. The van der Waals surface area contributed by atoms with Crippen LogP contribution in [-0.4, -0.2) is 39.4 Å². The number of hydrogen-bond donors (Lipinski definition) is 0. The normalized spacial score (nSPS) is 22.5. The SMILES string of the molecule is Cn1ccnc1CCN1CCCC(CBr)C1. The maximum absolute atomic E-state index is 4.37. The highest BCUT2D eigenvalue weighted by Gasteiger charge is 2.18. The first-order valence-corrected chi connectivity index (χ1v) is 7.16. The Morgan fingerprint density at radius 1 is 1.56 bits per heavy atom. The van der Waals surface area contributed by atoms with Gasteiger partial charge in [-0.25, -0.2) is 4.98 Å². The van der Waals surface area contributed by atoms with Gasteiger partial charge in [0.2, 0.25) is 0 Å². The van der Waals surface area contributed by atoms with E-state index in [9.17, 15) is 0 Å². The molecule has 90 valence electrons.